The third-order valence-corrected chi connectivity index (χ3v) is 6.49. The van der Waals surface area contributed by atoms with Crippen LogP contribution in [0.1, 0.15) is 163 Å². The number of hydrogen-bond acceptors (Lipinski definition) is 2. The van der Waals surface area contributed by atoms with Gasteiger partial charge in [0, 0.05) is 6.42 Å². The molecule has 2 heteroatoms. The first-order valence-electron chi connectivity index (χ1n) is 14.3. The van der Waals surface area contributed by atoms with Crippen LogP contribution in [0.2, 0.25) is 0 Å². The zero-order valence-corrected chi connectivity index (χ0v) is 22.0. The number of carbonyl (C=O) groups is 1. The van der Waals surface area contributed by atoms with Gasteiger partial charge in [-0.3, -0.25) is 4.79 Å². The summed E-state index contributed by atoms with van der Waals surface area (Å²) in [6.07, 6.45) is 27.9. The molecule has 1 atom stereocenters. The van der Waals surface area contributed by atoms with Gasteiger partial charge in [0.15, 0.2) is 0 Å². The van der Waals surface area contributed by atoms with Crippen molar-refractivity contribution in [1.82, 2.24) is 0 Å². The SMILES string of the molecule is CCCCCCCCCCCCC(CCCCCCCCCC)COC(=O)CC(C)C. The van der Waals surface area contributed by atoms with Gasteiger partial charge in [-0.15, -0.1) is 0 Å². The zero-order chi connectivity index (χ0) is 23.0. The number of esters is 1. The molecule has 0 radical (unpaired) electrons. The Bertz CT molecular complexity index is 364. The molecule has 0 aromatic carbocycles. The van der Waals surface area contributed by atoms with Gasteiger partial charge < -0.3 is 4.74 Å². The average molecular weight is 439 g/mol. The maximum atomic E-state index is 12.0. The van der Waals surface area contributed by atoms with Crippen LogP contribution < -0.4 is 0 Å². The molecular weight excluding hydrogens is 380 g/mol. The molecule has 0 rings (SSSR count). The van der Waals surface area contributed by atoms with Crippen molar-refractivity contribution in [3.8, 4) is 0 Å². The molecule has 0 saturated carbocycles. The zero-order valence-electron chi connectivity index (χ0n) is 22.0. The molecule has 0 aliphatic rings. The Morgan fingerprint density at radius 2 is 0.935 bits per heavy atom. The summed E-state index contributed by atoms with van der Waals surface area (Å²) in [5.41, 5.74) is 0. The van der Waals surface area contributed by atoms with Crippen LogP contribution in [0.3, 0.4) is 0 Å². The van der Waals surface area contributed by atoms with Crippen molar-refractivity contribution in [2.24, 2.45) is 11.8 Å². The van der Waals surface area contributed by atoms with Crippen LogP contribution in [0, 0.1) is 11.8 Å². The summed E-state index contributed by atoms with van der Waals surface area (Å²) in [4.78, 5) is 12.0. The third-order valence-electron chi connectivity index (χ3n) is 6.49. The Labute approximate surface area is 196 Å². The van der Waals surface area contributed by atoms with Gasteiger partial charge >= 0.3 is 5.97 Å². The van der Waals surface area contributed by atoms with Crippen LogP contribution in [0.15, 0.2) is 0 Å². The van der Waals surface area contributed by atoms with Gasteiger partial charge in [-0.25, -0.2) is 0 Å². The summed E-state index contributed by atoms with van der Waals surface area (Å²) in [7, 11) is 0. The molecule has 0 aliphatic carbocycles. The first kappa shape index (κ1) is 30.5. The highest BCUT2D eigenvalue weighted by molar-refractivity contribution is 5.69. The van der Waals surface area contributed by atoms with Crippen LogP contribution in [0.25, 0.3) is 0 Å². The van der Waals surface area contributed by atoms with Crippen LogP contribution >= 0.6 is 0 Å². The van der Waals surface area contributed by atoms with Crippen molar-refractivity contribution in [1.29, 1.82) is 0 Å². The van der Waals surface area contributed by atoms with Crippen molar-refractivity contribution in [3.63, 3.8) is 0 Å². The van der Waals surface area contributed by atoms with E-state index < -0.39 is 0 Å². The largest absolute Gasteiger partial charge is 0.465 e. The number of unbranched alkanes of at least 4 members (excludes halogenated alkanes) is 16. The molecule has 1 unspecified atom stereocenters. The molecule has 0 aromatic rings. The monoisotopic (exact) mass is 438 g/mol. The minimum absolute atomic E-state index is 0.000929. The summed E-state index contributed by atoms with van der Waals surface area (Å²) in [6.45, 7) is 9.39. The predicted octanol–water partition coefficient (Wildman–Crippen LogP) is 10.0. The highest BCUT2D eigenvalue weighted by Gasteiger charge is 2.13. The van der Waals surface area contributed by atoms with E-state index in [1.165, 1.54) is 128 Å². The lowest BCUT2D eigenvalue weighted by Gasteiger charge is -2.17. The van der Waals surface area contributed by atoms with Crippen molar-refractivity contribution in [2.45, 2.75) is 163 Å². The Morgan fingerprint density at radius 3 is 1.29 bits per heavy atom. The lowest BCUT2D eigenvalue weighted by molar-refractivity contribution is -0.146. The topological polar surface area (TPSA) is 26.3 Å². The number of rotatable bonds is 24. The van der Waals surface area contributed by atoms with E-state index in [1.807, 2.05) is 0 Å². The van der Waals surface area contributed by atoms with E-state index in [2.05, 4.69) is 27.7 Å². The average Bonchev–Trinajstić information content (AvgIpc) is 2.74. The van der Waals surface area contributed by atoms with Gasteiger partial charge in [0.2, 0.25) is 0 Å². The molecule has 31 heavy (non-hydrogen) atoms. The highest BCUT2D eigenvalue weighted by atomic mass is 16.5. The van der Waals surface area contributed by atoms with E-state index >= 15 is 0 Å². The Balaban J connectivity index is 3.92. The van der Waals surface area contributed by atoms with Crippen molar-refractivity contribution >= 4 is 5.97 Å². The van der Waals surface area contributed by atoms with Crippen LogP contribution in [-0.4, -0.2) is 12.6 Å². The minimum Gasteiger partial charge on any atom is -0.465 e. The summed E-state index contributed by atoms with van der Waals surface area (Å²) in [5, 5.41) is 0. The molecule has 0 bridgehead atoms. The van der Waals surface area contributed by atoms with Crippen molar-refractivity contribution in [3.05, 3.63) is 0 Å². The van der Waals surface area contributed by atoms with Gasteiger partial charge in [-0.1, -0.05) is 143 Å². The van der Waals surface area contributed by atoms with Crippen LogP contribution in [-0.2, 0) is 9.53 Å². The minimum atomic E-state index is -0.000929. The maximum Gasteiger partial charge on any atom is 0.306 e. The van der Waals surface area contributed by atoms with E-state index in [0.717, 1.165) is 0 Å². The molecule has 2 nitrogen and oxygen atoms in total. The molecular formula is C29H58O2. The van der Waals surface area contributed by atoms with E-state index in [1.54, 1.807) is 0 Å². The predicted molar refractivity (Wildman–Crippen MR) is 138 cm³/mol. The Kier molecular flexibility index (Phi) is 23.7. The van der Waals surface area contributed by atoms with E-state index in [9.17, 15) is 4.79 Å². The van der Waals surface area contributed by atoms with Gasteiger partial charge in [0.05, 0.1) is 6.61 Å². The van der Waals surface area contributed by atoms with Crippen molar-refractivity contribution in [2.75, 3.05) is 6.61 Å². The molecule has 186 valence electrons. The van der Waals surface area contributed by atoms with Crippen LogP contribution in [0.5, 0.6) is 0 Å². The van der Waals surface area contributed by atoms with E-state index in [0.29, 0.717) is 24.9 Å². The van der Waals surface area contributed by atoms with Crippen molar-refractivity contribution < 1.29 is 9.53 Å². The molecule has 0 heterocycles. The fraction of sp³-hybridized carbons (Fsp3) is 0.966. The smallest absolute Gasteiger partial charge is 0.306 e. The lowest BCUT2D eigenvalue weighted by Crippen LogP contribution is -2.15. The standard InChI is InChI=1S/C29H58O2/c1-5-7-9-11-13-15-16-18-20-22-24-28(26-31-29(30)25-27(3)4)23-21-19-17-14-12-10-8-6-2/h27-28H,5-26H2,1-4H3. The normalized spacial score (nSPS) is 12.4. The molecule has 0 amide bonds. The molecule has 0 aromatic heterocycles. The van der Waals surface area contributed by atoms with Gasteiger partial charge in [-0.05, 0) is 24.7 Å². The molecule has 0 N–H and O–H groups in total. The highest BCUT2D eigenvalue weighted by Crippen LogP contribution is 2.20. The van der Waals surface area contributed by atoms with Gasteiger partial charge in [-0.2, -0.15) is 0 Å². The molecule has 0 aliphatic heterocycles. The molecule has 0 spiro atoms. The third kappa shape index (κ3) is 24.0. The number of carbonyl (C=O) groups excluding carboxylic acids is 1. The second kappa shape index (κ2) is 24.1. The maximum absolute atomic E-state index is 12.0. The second-order valence-electron chi connectivity index (χ2n) is 10.4. The number of ether oxygens (including phenoxy) is 1. The fourth-order valence-electron chi connectivity index (χ4n) is 4.40. The Morgan fingerprint density at radius 1 is 0.581 bits per heavy atom. The van der Waals surface area contributed by atoms with E-state index in [4.69, 9.17) is 4.74 Å². The van der Waals surface area contributed by atoms with Gasteiger partial charge in [0.1, 0.15) is 0 Å². The molecule has 0 saturated heterocycles. The fourth-order valence-corrected chi connectivity index (χ4v) is 4.40. The quantitative estimate of drug-likeness (QED) is 0.111. The summed E-state index contributed by atoms with van der Waals surface area (Å²) >= 11 is 0. The molecule has 0 fully saturated rings. The lowest BCUT2D eigenvalue weighted by atomic mass is 9.94. The summed E-state index contributed by atoms with van der Waals surface area (Å²) in [5.74, 6) is 0.963. The first-order chi connectivity index (χ1) is 15.1. The van der Waals surface area contributed by atoms with Gasteiger partial charge in [0.25, 0.3) is 0 Å². The second-order valence-corrected chi connectivity index (χ2v) is 10.4. The number of hydrogen-bond donors (Lipinski definition) is 0. The first-order valence-corrected chi connectivity index (χ1v) is 14.3. The van der Waals surface area contributed by atoms with Crippen LogP contribution in [0.4, 0.5) is 0 Å². The summed E-state index contributed by atoms with van der Waals surface area (Å²) < 4.78 is 5.64. The summed E-state index contributed by atoms with van der Waals surface area (Å²) in [6, 6.07) is 0. The Hall–Kier alpha value is -0.530. The van der Waals surface area contributed by atoms with E-state index in [-0.39, 0.29) is 5.97 Å².